The zero-order chi connectivity index (χ0) is 15.4. The van der Waals surface area contributed by atoms with Crippen LogP contribution in [-0.4, -0.2) is 29.9 Å². The third kappa shape index (κ3) is 3.92. The van der Waals surface area contributed by atoms with Crippen LogP contribution in [0.1, 0.15) is 15.9 Å². The molecule has 0 bridgehead atoms. The maximum absolute atomic E-state index is 13.2. The fraction of sp³-hybridized carbons (Fsp3) is 0.200. The van der Waals surface area contributed by atoms with Gasteiger partial charge in [0.15, 0.2) is 0 Å². The molecule has 110 valence electrons. The molecule has 0 aliphatic heterocycles. The number of nitrogens with one attached hydrogen (secondary N) is 1. The maximum Gasteiger partial charge on any atom is 0.254 e. The Labute approximate surface area is 127 Å². The molecule has 4 nitrogen and oxygen atoms in total. The van der Waals surface area contributed by atoms with E-state index in [0.29, 0.717) is 17.9 Å². The van der Waals surface area contributed by atoms with Crippen molar-refractivity contribution in [1.29, 1.82) is 0 Å². The van der Waals surface area contributed by atoms with Gasteiger partial charge >= 0.3 is 0 Å². The van der Waals surface area contributed by atoms with Gasteiger partial charge in [-0.05, 0) is 29.8 Å². The van der Waals surface area contributed by atoms with E-state index in [1.54, 1.807) is 32.3 Å². The Morgan fingerprint density at radius 3 is 2.81 bits per heavy atom. The molecule has 1 N–H and O–H groups in total. The highest BCUT2D eigenvalue weighted by molar-refractivity contribution is 6.29. The Morgan fingerprint density at radius 1 is 1.38 bits per heavy atom. The molecule has 0 unspecified atom stereocenters. The van der Waals surface area contributed by atoms with E-state index < -0.39 is 0 Å². The number of aromatic nitrogens is 1. The van der Waals surface area contributed by atoms with Crippen LogP contribution in [0.25, 0.3) is 0 Å². The van der Waals surface area contributed by atoms with Crippen molar-refractivity contribution in [3.63, 3.8) is 0 Å². The number of amides is 1. The molecule has 0 aliphatic rings. The minimum Gasteiger partial charge on any atom is -0.373 e. The number of halogens is 2. The summed E-state index contributed by atoms with van der Waals surface area (Å²) in [5.41, 5.74) is 1.15. The number of benzene rings is 1. The van der Waals surface area contributed by atoms with E-state index in [1.165, 1.54) is 23.1 Å². The third-order valence-electron chi connectivity index (χ3n) is 2.95. The summed E-state index contributed by atoms with van der Waals surface area (Å²) in [5, 5.41) is 3.08. The van der Waals surface area contributed by atoms with Crippen LogP contribution in [-0.2, 0) is 6.54 Å². The summed E-state index contributed by atoms with van der Waals surface area (Å²) in [7, 11) is 3.35. The molecule has 6 heteroatoms. The maximum atomic E-state index is 13.2. The molecule has 21 heavy (non-hydrogen) atoms. The molecule has 2 rings (SSSR count). The van der Waals surface area contributed by atoms with E-state index in [1.807, 2.05) is 0 Å². The average Bonchev–Trinajstić information content (AvgIpc) is 2.45. The number of hydrogen-bond donors (Lipinski definition) is 1. The standard InChI is InChI=1S/C15H15ClFN3O/c1-18-14-8-11(7-13(16)19-14)15(21)20(2)9-10-4-3-5-12(17)6-10/h3-8H,9H2,1-2H3,(H,18,19). The van der Waals surface area contributed by atoms with Gasteiger partial charge in [0, 0.05) is 26.2 Å². The Kier molecular flexibility index (Phi) is 4.75. The molecule has 1 amide bonds. The van der Waals surface area contributed by atoms with Crippen molar-refractivity contribution < 1.29 is 9.18 Å². The molecule has 2 aromatic rings. The first kappa shape index (κ1) is 15.3. The van der Waals surface area contributed by atoms with Gasteiger partial charge < -0.3 is 10.2 Å². The monoisotopic (exact) mass is 307 g/mol. The Balaban J connectivity index is 2.17. The topological polar surface area (TPSA) is 45.2 Å². The molecule has 0 aliphatic carbocycles. The number of anilines is 1. The predicted molar refractivity (Wildman–Crippen MR) is 81.0 cm³/mol. The van der Waals surface area contributed by atoms with Crippen LogP contribution >= 0.6 is 11.6 Å². The first-order valence-corrected chi connectivity index (χ1v) is 6.72. The van der Waals surface area contributed by atoms with Gasteiger partial charge in [-0.3, -0.25) is 4.79 Å². The SMILES string of the molecule is CNc1cc(C(=O)N(C)Cc2cccc(F)c2)cc(Cl)n1. The van der Waals surface area contributed by atoms with Crippen LogP contribution in [0, 0.1) is 5.82 Å². The van der Waals surface area contributed by atoms with Crippen molar-refractivity contribution in [3.8, 4) is 0 Å². The van der Waals surface area contributed by atoms with E-state index in [-0.39, 0.29) is 16.9 Å². The van der Waals surface area contributed by atoms with Crippen LogP contribution in [0.2, 0.25) is 5.15 Å². The van der Waals surface area contributed by atoms with Crippen LogP contribution in [0.15, 0.2) is 36.4 Å². The highest BCUT2D eigenvalue weighted by atomic mass is 35.5. The normalized spacial score (nSPS) is 10.3. The van der Waals surface area contributed by atoms with Crippen molar-refractivity contribution in [2.75, 3.05) is 19.4 Å². The lowest BCUT2D eigenvalue weighted by molar-refractivity contribution is 0.0785. The van der Waals surface area contributed by atoms with Crippen molar-refractivity contribution >= 4 is 23.3 Å². The van der Waals surface area contributed by atoms with E-state index >= 15 is 0 Å². The summed E-state index contributed by atoms with van der Waals surface area (Å²) in [6.45, 7) is 0.311. The lowest BCUT2D eigenvalue weighted by Gasteiger charge is -2.18. The second kappa shape index (κ2) is 6.54. The van der Waals surface area contributed by atoms with Gasteiger partial charge in [0.05, 0.1) is 0 Å². The van der Waals surface area contributed by atoms with Crippen molar-refractivity contribution in [1.82, 2.24) is 9.88 Å². The van der Waals surface area contributed by atoms with E-state index in [0.717, 1.165) is 5.56 Å². The number of carbonyl (C=O) groups is 1. The second-order valence-electron chi connectivity index (χ2n) is 4.60. The number of rotatable bonds is 4. The lowest BCUT2D eigenvalue weighted by atomic mass is 10.2. The predicted octanol–water partition coefficient (Wildman–Crippen LogP) is 3.19. The molecular formula is C15H15ClFN3O. The highest BCUT2D eigenvalue weighted by Crippen LogP contribution is 2.16. The first-order valence-electron chi connectivity index (χ1n) is 6.35. The quantitative estimate of drug-likeness (QED) is 0.882. The molecule has 0 saturated heterocycles. The van der Waals surface area contributed by atoms with Gasteiger partial charge in [0.2, 0.25) is 0 Å². The van der Waals surface area contributed by atoms with Crippen LogP contribution in [0.4, 0.5) is 10.2 Å². The van der Waals surface area contributed by atoms with Crippen molar-refractivity contribution in [2.45, 2.75) is 6.54 Å². The minimum atomic E-state index is -0.322. The summed E-state index contributed by atoms with van der Waals surface area (Å²) in [6, 6.07) is 9.29. The van der Waals surface area contributed by atoms with E-state index in [4.69, 9.17) is 11.6 Å². The Bertz CT molecular complexity index is 663. The van der Waals surface area contributed by atoms with Gasteiger partial charge in [0.25, 0.3) is 5.91 Å². The fourth-order valence-corrected chi connectivity index (χ4v) is 2.16. The molecule has 0 radical (unpaired) electrons. The number of nitrogens with zero attached hydrogens (tertiary/aromatic N) is 2. The van der Waals surface area contributed by atoms with Gasteiger partial charge in [-0.1, -0.05) is 23.7 Å². The summed E-state index contributed by atoms with van der Waals surface area (Å²) >= 11 is 5.89. The zero-order valence-electron chi connectivity index (χ0n) is 11.7. The Morgan fingerprint density at radius 2 is 2.14 bits per heavy atom. The van der Waals surface area contributed by atoms with Gasteiger partial charge in [-0.2, -0.15) is 0 Å². The fourth-order valence-electron chi connectivity index (χ4n) is 1.95. The number of carbonyl (C=O) groups excluding carboxylic acids is 1. The Hall–Kier alpha value is -2.14. The van der Waals surface area contributed by atoms with Gasteiger partial charge in [-0.15, -0.1) is 0 Å². The zero-order valence-corrected chi connectivity index (χ0v) is 12.5. The van der Waals surface area contributed by atoms with Crippen LogP contribution in [0.3, 0.4) is 0 Å². The molecule has 0 saturated carbocycles. The summed E-state index contributed by atoms with van der Waals surface area (Å²) in [6.07, 6.45) is 0. The molecule has 1 heterocycles. The molecule has 0 atom stereocenters. The van der Waals surface area contributed by atoms with E-state index in [9.17, 15) is 9.18 Å². The van der Waals surface area contributed by atoms with Crippen molar-refractivity contribution in [3.05, 3.63) is 58.5 Å². The van der Waals surface area contributed by atoms with Gasteiger partial charge in [-0.25, -0.2) is 9.37 Å². The third-order valence-corrected chi connectivity index (χ3v) is 3.15. The largest absolute Gasteiger partial charge is 0.373 e. The smallest absolute Gasteiger partial charge is 0.254 e. The van der Waals surface area contributed by atoms with Crippen LogP contribution < -0.4 is 5.32 Å². The molecule has 0 spiro atoms. The van der Waals surface area contributed by atoms with E-state index in [2.05, 4.69) is 10.3 Å². The second-order valence-corrected chi connectivity index (χ2v) is 4.99. The molecule has 1 aromatic carbocycles. The summed E-state index contributed by atoms with van der Waals surface area (Å²) in [4.78, 5) is 17.9. The lowest BCUT2D eigenvalue weighted by Crippen LogP contribution is -2.26. The van der Waals surface area contributed by atoms with Gasteiger partial charge in [0.1, 0.15) is 16.8 Å². The number of hydrogen-bond acceptors (Lipinski definition) is 3. The minimum absolute atomic E-state index is 0.208. The molecular weight excluding hydrogens is 293 g/mol. The summed E-state index contributed by atoms with van der Waals surface area (Å²) < 4.78 is 13.2. The first-order chi connectivity index (χ1) is 9.99. The molecule has 1 aromatic heterocycles. The molecule has 0 fully saturated rings. The highest BCUT2D eigenvalue weighted by Gasteiger charge is 2.14. The van der Waals surface area contributed by atoms with Crippen LogP contribution in [0.5, 0.6) is 0 Å². The average molecular weight is 308 g/mol. The van der Waals surface area contributed by atoms with Crippen molar-refractivity contribution in [2.24, 2.45) is 0 Å². The number of pyridine rings is 1. The summed E-state index contributed by atoms with van der Waals surface area (Å²) in [5.74, 6) is -0.0113.